The topological polar surface area (TPSA) is 397 Å². The summed E-state index contributed by atoms with van der Waals surface area (Å²) in [6.45, 7) is 16.8. The summed E-state index contributed by atoms with van der Waals surface area (Å²) in [5.41, 5.74) is 3.26. The summed E-state index contributed by atoms with van der Waals surface area (Å²) >= 11 is 12.5. The molecule has 15 atom stereocenters. The maximum absolute atomic E-state index is 16.3. The number of benzene rings is 4. The summed E-state index contributed by atoms with van der Waals surface area (Å²) in [5.74, 6) is -4.96. The number of esters is 1. The van der Waals surface area contributed by atoms with Crippen LogP contribution in [0.15, 0.2) is 91.0 Å². The molecule has 29 nitrogen and oxygen atoms in total. The number of amides is 9. The Kier molecular flexibility index (Phi) is 32.9. The number of alkyl carbamates (subject to hydrolysis) is 1. The molecule has 4 aromatic rings. The molecule has 0 bridgehead atoms. The Morgan fingerprint density at radius 1 is 0.782 bits per heavy atom. The lowest BCUT2D eigenvalue weighted by Gasteiger charge is -2.64. The zero-order valence-electron chi connectivity index (χ0n) is 72.0. The van der Waals surface area contributed by atoms with Gasteiger partial charge in [0.05, 0.1) is 95.0 Å². The van der Waals surface area contributed by atoms with Gasteiger partial charge in [-0.3, -0.25) is 24.0 Å². The number of anilines is 2. The van der Waals surface area contributed by atoms with E-state index in [0.29, 0.717) is 55.6 Å². The molecule has 3 heterocycles. The highest BCUT2D eigenvalue weighted by Crippen LogP contribution is 2.70. The molecular formula is C91H121Cl2F2N11O18. The number of primary amides is 1. The summed E-state index contributed by atoms with van der Waals surface area (Å²) < 4.78 is 77.7. The first-order valence-corrected chi connectivity index (χ1v) is 44.1. The van der Waals surface area contributed by atoms with Crippen LogP contribution in [0.25, 0.3) is 0 Å². The molecule has 9 amide bonds. The van der Waals surface area contributed by atoms with Gasteiger partial charge in [0, 0.05) is 89.8 Å². The molecular weight excluding hydrogens is 1640 g/mol. The van der Waals surface area contributed by atoms with Gasteiger partial charge in [0.1, 0.15) is 47.6 Å². The highest BCUT2D eigenvalue weighted by atomic mass is 35.5. The van der Waals surface area contributed by atoms with Crippen molar-refractivity contribution >= 4 is 88.3 Å². The van der Waals surface area contributed by atoms with Crippen LogP contribution < -0.4 is 53.0 Å². The molecule has 4 unspecified atom stereocenters. The Balaban J connectivity index is 0.533. The van der Waals surface area contributed by atoms with Crippen LogP contribution in [0.1, 0.15) is 178 Å². The number of halogens is 4. The van der Waals surface area contributed by atoms with E-state index in [4.69, 9.17) is 66.8 Å². The molecule has 124 heavy (non-hydrogen) atoms. The van der Waals surface area contributed by atoms with Crippen molar-refractivity contribution in [2.24, 2.45) is 57.5 Å². The number of methoxy groups -OCH3 is 1. The minimum absolute atomic E-state index is 0.0246. The molecule has 6 fully saturated rings. The minimum Gasteiger partial charge on any atom is -0.495 e. The number of piperidine rings is 1. The van der Waals surface area contributed by atoms with E-state index in [1.165, 1.54) is 55.6 Å². The molecule has 676 valence electrons. The van der Waals surface area contributed by atoms with Crippen molar-refractivity contribution in [1.82, 2.24) is 36.8 Å². The number of hydrogen-bond acceptors (Lipinski definition) is 20. The molecule has 11 rings (SSSR count). The monoisotopic (exact) mass is 1760 g/mol. The van der Waals surface area contributed by atoms with E-state index in [1.54, 1.807) is 49.1 Å². The Hall–Kier alpha value is -9.26. The summed E-state index contributed by atoms with van der Waals surface area (Å²) in [4.78, 5) is 120. The second kappa shape index (κ2) is 42.8. The van der Waals surface area contributed by atoms with Crippen LogP contribution in [-0.2, 0) is 69.2 Å². The Bertz CT molecular complexity index is 4510. The maximum atomic E-state index is 16.3. The van der Waals surface area contributed by atoms with Crippen LogP contribution in [-0.4, -0.2) is 198 Å². The van der Waals surface area contributed by atoms with Crippen molar-refractivity contribution in [3.05, 3.63) is 135 Å². The zero-order valence-corrected chi connectivity index (χ0v) is 73.6. The van der Waals surface area contributed by atoms with Gasteiger partial charge in [-0.1, -0.05) is 108 Å². The standard InChI is InChI=1S/C91H121Cl2F2N11O18/c1-54(2)78(105-74(107)31-39-118-41-43-120-45-46-121-44-42-119-40-36-98-80(109)56-16-24-70(72(47-56)117-8)102-83(112)79-76(63-11-9-12-68(93)77(63)95)90(53-96,73(104-79)50-87(3,4)5)67-23-19-59(92)49-69(67)94)82(111)103-71(13-10-35-99-84(97)113)81(110)100-60-20-14-55(15-21-60)51-123-86(115)106-37-29-61(30-38-106)101-85(114)124-62-26-32-88(6)58(48-62)18-22-66-65(88)27-33-89(7)64(28-34-91(66,89)116)57-17-25-75(108)122-52-57/h9,11-12,14-17,19-21,23-25,47,49,54,57-58,61-62,64-66,71,73,76,78-79,104,116H,10,13,18,22,26-46,48,50-52H2,1-8H3,(H,98,109)(H,100,110)(H,101,114)(H,102,112)(H,103,111)(H,105,107)(H3,97,99,113)/t57?,58-,62+,64-,65?,66?,71+,73?,76+,78-,79-,88+,89-,90+,91+/m1/s1. The molecule has 2 saturated heterocycles. The van der Waals surface area contributed by atoms with E-state index in [0.717, 1.165) is 63.9 Å². The largest absolute Gasteiger partial charge is 0.495 e. The number of nitriles is 1. The summed E-state index contributed by atoms with van der Waals surface area (Å²) in [5, 5.41) is 46.6. The first kappa shape index (κ1) is 95.4. The number of rotatable bonds is 37. The lowest BCUT2D eigenvalue weighted by molar-refractivity contribution is -0.213. The van der Waals surface area contributed by atoms with Crippen LogP contribution in [0.5, 0.6) is 5.75 Å². The van der Waals surface area contributed by atoms with Crippen molar-refractivity contribution in [3.8, 4) is 11.8 Å². The van der Waals surface area contributed by atoms with Gasteiger partial charge in [-0.15, -0.1) is 0 Å². The van der Waals surface area contributed by atoms with E-state index in [-0.39, 0.29) is 183 Å². The first-order valence-electron chi connectivity index (χ1n) is 43.3. The SMILES string of the molecule is COc1cc(C(=O)NCCOCCOCCOCCOCCC(=O)N[C@@H](C(=O)N[C@@H](CCCNC(N)=O)C(=O)Nc2ccc(COC(=O)N3CCC(NC(=O)O[C@H]4CC[C@]5(C)C6CC[C@]7(C)[C@@H](C8C=CC(=O)OC8)CC[C@]7(O)C6CC[C@@H]5C4)CC3)cc2)C(C)C)ccc1NC(=O)[C@@H]1NC(CC(C)(C)C)[C@](C#N)(c2ccc(Cl)cc2F)[C@H]1c1cccc(Cl)c1F. The number of nitrogens with zero attached hydrogens (tertiary/aromatic N) is 2. The van der Waals surface area contributed by atoms with Crippen molar-refractivity contribution in [1.29, 1.82) is 5.26 Å². The van der Waals surface area contributed by atoms with Crippen LogP contribution in [0, 0.1) is 74.7 Å². The van der Waals surface area contributed by atoms with E-state index < -0.39 is 112 Å². The van der Waals surface area contributed by atoms with E-state index in [2.05, 4.69) is 62.5 Å². The zero-order chi connectivity index (χ0) is 89.3. The van der Waals surface area contributed by atoms with Gasteiger partial charge in [0.2, 0.25) is 23.6 Å². The van der Waals surface area contributed by atoms with Crippen molar-refractivity contribution in [3.63, 3.8) is 0 Å². The second-order valence-corrected chi connectivity index (χ2v) is 36.8. The molecule has 4 aromatic carbocycles. The molecule has 0 spiro atoms. The third-order valence-electron chi connectivity index (χ3n) is 26.7. The smallest absolute Gasteiger partial charge is 0.410 e. The highest BCUT2D eigenvalue weighted by molar-refractivity contribution is 6.31. The second-order valence-electron chi connectivity index (χ2n) is 36.0. The summed E-state index contributed by atoms with van der Waals surface area (Å²) in [6, 6.07) is 16.3. The van der Waals surface area contributed by atoms with Crippen LogP contribution >= 0.6 is 23.2 Å². The molecule has 0 radical (unpaired) electrons. The van der Waals surface area contributed by atoms with Gasteiger partial charge in [-0.2, -0.15) is 5.26 Å². The van der Waals surface area contributed by atoms with E-state index in [1.807, 2.05) is 26.8 Å². The molecule has 0 aromatic heterocycles. The van der Waals surface area contributed by atoms with E-state index in [9.17, 15) is 53.5 Å². The van der Waals surface area contributed by atoms with Gasteiger partial charge in [-0.05, 0) is 190 Å². The number of aliphatic hydroxyl groups is 1. The lowest BCUT2D eigenvalue weighted by atomic mass is 9.43. The third-order valence-corrected chi connectivity index (χ3v) is 27.2. The quantitative estimate of drug-likeness (QED) is 0.0114. The van der Waals surface area contributed by atoms with Crippen molar-refractivity contribution < 1.29 is 94.9 Å². The molecule has 4 aliphatic carbocycles. The van der Waals surface area contributed by atoms with Crippen LogP contribution in [0.2, 0.25) is 10.0 Å². The first-order chi connectivity index (χ1) is 59.2. The van der Waals surface area contributed by atoms with Crippen molar-refractivity contribution in [2.75, 3.05) is 103 Å². The van der Waals surface area contributed by atoms with Gasteiger partial charge < -0.3 is 96.2 Å². The number of fused-ring (bicyclic) bond motifs is 5. The van der Waals surface area contributed by atoms with Gasteiger partial charge in [0.25, 0.3) is 5.91 Å². The fourth-order valence-electron chi connectivity index (χ4n) is 20.3. The minimum atomic E-state index is -1.85. The average molecular weight is 1770 g/mol. The average Bonchev–Trinajstić information content (AvgIpc) is 1.45. The normalized spacial score (nSPS) is 26.4. The molecule has 3 aliphatic heterocycles. The number of cyclic esters (lactones) is 1. The number of carbonyl (C=O) groups excluding carboxylic acids is 9. The van der Waals surface area contributed by atoms with Gasteiger partial charge in [-0.25, -0.2) is 28.0 Å². The van der Waals surface area contributed by atoms with Gasteiger partial charge in [0.15, 0.2) is 0 Å². The van der Waals surface area contributed by atoms with Crippen molar-refractivity contribution in [2.45, 2.75) is 205 Å². The number of ether oxygens (including phenoxy) is 8. The van der Waals surface area contributed by atoms with Crippen LogP contribution in [0.4, 0.5) is 34.5 Å². The van der Waals surface area contributed by atoms with Crippen LogP contribution in [0.3, 0.4) is 0 Å². The number of likely N-dealkylation sites (tertiary alicyclic amines) is 1. The highest BCUT2D eigenvalue weighted by Gasteiger charge is 2.68. The van der Waals surface area contributed by atoms with Gasteiger partial charge >= 0.3 is 24.2 Å². The molecule has 33 heteroatoms. The fraction of sp³-hybridized carbons (Fsp3) is 0.604. The number of nitrogens with one attached hydrogen (secondary N) is 8. The Morgan fingerprint density at radius 3 is 2.15 bits per heavy atom. The number of urea groups is 1. The fourth-order valence-corrected chi connectivity index (χ4v) is 20.6. The lowest BCUT2D eigenvalue weighted by Crippen LogP contribution is -2.62. The number of hydrogen-bond donors (Lipinski definition) is 10. The summed E-state index contributed by atoms with van der Waals surface area (Å²) in [7, 11) is 1.36. The molecule has 4 saturated carbocycles. The molecule has 11 N–H and O–H groups in total. The predicted octanol–water partition coefficient (Wildman–Crippen LogP) is 11.8. The Morgan fingerprint density at radius 2 is 1.48 bits per heavy atom. The summed E-state index contributed by atoms with van der Waals surface area (Å²) in [6.07, 6.45) is 12.1. The van der Waals surface area contributed by atoms with E-state index >= 15 is 8.78 Å². The maximum Gasteiger partial charge on any atom is 0.410 e. The number of carbonyl (C=O) groups is 9. The predicted molar refractivity (Wildman–Crippen MR) is 459 cm³/mol. The number of nitrogens with two attached hydrogens (primary N) is 1. The third kappa shape index (κ3) is 23.1. The molecule has 7 aliphatic rings. The Labute approximate surface area is 733 Å².